The van der Waals surface area contributed by atoms with Gasteiger partial charge >= 0.3 is 0 Å². The van der Waals surface area contributed by atoms with Crippen molar-refractivity contribution in [3.63, 3.8) is 0 Å². The number of nitrogens with one attached hydrogen (secondary N) is 1. The minimum atomic E-state index is -4.19. The summed E-state index contributed by atoms with van der Waals surface area (Å²) in [6.45, 7) is 5.69. The maximum Gasteiger partial charge on any atom is 0.264 e. The molecule has 0 aliphatic carbocycles. The van der Waals surface area contributed by atoms with Crippen LogP contribution in [0.3, 0.4) is 0 Å². The van der Waals surface area contributed by atoms with Gasteiger partial charge in [-0.05, 0) is 84.2 Å². The molecule has 0 aliphatic rings. The second-order valence-corrected chi connectivity index (χ2v) is 13.2. The Hall–Kier alpha value is -2.89. The second kappa shape index (κ2) is 14.8. The Kier molecular flexibility index (Phi) is 11.8. The number of hydrogen-bond acceptors (Lipinski definition) is 5. The Morgan fingerprint density at radius 2 is 1.73 bits per heavy atom. The van der Waals surface area contributed by atoms with Crippen molar-refractivity contribution in [1.82, 2.24) is 10.2 Å². The van der Waals surface area contributed by atoms with Gasteiger partial charge in [-0.3, -0.25) is 13.9 Å². The standard InChI is InChI=1S/C30H35Br2N3O5S/c1-5-6-16-33-30(37)22(3)34(19-23-8-7-9-24(31)17-23)29(36)20-35(25-12-10-21(2)11-13-25)41(38,39)26-14-15-28(40-4)27(32)18-26/h7-15,17-18,22H,5-6,16,19-20H2,1-4H3,(H,33,37)/t22-/m0/s1. The lowest BCUT2D eigenvalue weighted by molar-refractivity contribution is -0.139. The van der Waals surface area contributed by atoms with E-state index in [0.717, 1.165) is 32.7 Å². The lowest BCUT2D eigenvalue weighted by atomic mass is 10.1. The van der Waals surface area contributed by atoms with Gasteiger partial charge in [0.15, 0.2) is 0 Å². The number of benzene rings is 3. The highest BCUT2D eigenvalue weighted by molar-refractivity contribution is 9.10. The zero-order valence-electron chi connectivity index (χ0n) is 23.6. The van der Waals surface area contributed by atoms with Crippen molar-refractivity contribution in [2.24, 2.45) is 0 Å². The molecule has 8 nitrogen and oxygen atoms in total. The predicted molar refractivity (Wildman–Crippen MR) is 168 cm³/mol. The number of amides is 2. The number of carbonyl (C=O) groups is 2. The molecule has 41 heavy (non-hydrogen) atoms. The van der Waals surface area contributed by atoms with E-state index < -0.39 is 28.5 Å². The third-order valence-corrected chi connectivity index (χ3v) is 9.43. The first-order valence-corrected chi connectivity index (χ1v) is 16.2. The van der Waals surface area contributed by atoms with E-state index in [1.165, 1.54) is 24.1 Å². The van der Waals surface area contributed by atoms with Crippen LogP contribution in [0.15, 0.2) is 80.6 Å². The summed E-state index contributed by atoms with van der Waals surface area (Å²) in [4.78, 5) is 28.5. The summed E-state index contributed by atoms with van der Waals surface area (Å²) in [5.41, 5.74) is 2.07. The maximum atomic E-state index is 14.0. The van der Waals surface area contributed by atoms with Gasteiger partial charge in [-0.15, -0.1) is 0 Å². The SMILES string of the molecule is CCCCNC(=O)[C@H](C)N(Cc1cccc(Br)c1)C(=O)CN(c1ccc(C)cc1)S(=O)(=O)c1ccc(OC)c(Br)c1. The number of carbonyl (C=O) groups excluding carboxylic acids is 2. The van der Waals surface area contributed by atoms with Crippen molar-refractivity contribution < 1.29 is 22.7 Å². The van der Waals surface area contributed by atoms with Crippen LogP contribution in [-0.4, -0.2) is 51.4 Å². The fourth-order valence-electron chi connectivity index (χ4n) is 4.13. The zero-order chi connectivity index (χ0) is 30.2. The van der Waals surface area contributed by atoms with Gasteiger partial charge in [0.25, 0.3) is 10.0 Å². The van der Waals surface area contributed by atoms with Gasteiger partial charge < -0.3 is 15.0 Å². The van der Waals surface area contributed by atoms with E-state index in [-0.39, 0.29) is 17.3 Å². The number of halogens is 2. The number of sulfonamides is 1. The zero-order valence-corrected chi connectivity index (χ0v) is 27.6. The Labute approximate surface area is 259 Å². The lowest BCUT2D eigenvalue weighted by Gasteiger charge is -2.32. The summed E-state index contributed by atoms with van der Waals surface area (Å²) >= 11 is 6.82. The van der Waals surface area contributed by atoms with Gasteiger partial charge in [0.1, 0.15) is 18.3 Å². The van der Waals surface area contributed by atoms with Crippen LogP contribution < -0.4 is 14.4 Å². The molecule has 0 saturated heterocycles. The molecule has 0 aliphatic heterocycles. The third-order valence-electron chi connectivity index (χ3n) is 6.55. The molecule has 0 aromatic heterocycles. The van der Waals surface area contributed by atoms with Gasteiger partial charge in [0.2, 0.25) is 11.8 Å². The van der Waals surface area contributed by atoms with Gasteiger partial charge in [-0.25, -0.2) is 8.42 Å². The van der Waals surface area contributed by atoms with Gasteiger partial charge in [0, 0.05) is 17.6 Å². The number of anilines is 1. The van der Waals surface area contributed by atoms with Crippen LogP contribution in [-0.2, 0) is 26.2 Å². The fraction of sp³-hybridized carbons (Fsp3) is 0.333. The molecular formula is C30H35Br2N3O5S. The predicted octanol–water partition coefficient (Wildman–Crippen LogP) is 6.06. The van der Waals surface area contributed by atoms with Crippen LogP contribution in [0.5, 0.6) is 5.75 Å². The van der Waals surface area contributed by atoms with E-state index in [4.69, 9.17) is 4.74 Å². The molecule has 0 unspecified atom stereocenters. The number of nitrogens with zero attached hydrogens (tertiary/aromatic N) is 2. The summed E-state index contributed by atoms with van der Waals surface area (Å²) < 4.78 is 35.7. The van der Waals surface area contributed by atoms with Crippen molar-refractivity contribution in [2.45, 2.75) is 51.1 Å². The van der Waals surface area contributed by atoms with Crippen LogP contribution in [0.2, 0.25) is 0 Å². The molecule has 1 atom stereocenters. The number of rotatable bonds is 13. The summed E-state index contributed by atoms with van der Waals surface area (Å²) in [5.74, 6) is -0.338. The third kappa shape index (κ3) is 8.56. The largest absolute Gasteiger partial charge is 0.496 e. The fourth-order valence-corrected chi connectivity index (χ4v) is 6.71. The monoisotopic (exact) mass is 707 g/mol. The Balaban J connectivity index is 2.02. The number of methoxy groups -OCH3 is 1. The van der Waals surface area contributed by atoms with Crippen molar-refractivity contribution in [3.05, 3.63) is 86.8 Å². The van der Waals surface area contributed by atoms with Crippen molar-refractivity contribution in [3.8, 4) is 5.75 Å². The first-order chi connectivity index (χ1) is 19.5. The quantitative estimate of drug-likeness (QED) is 0.218. The summed E-state index contributed by atoms with van der Waals surface area (Å²) in [6.07, 6.45) is 1.73. The first kappa shape index (κ1) is 32.6. The van der Waals surface area contributed by atoms with E-state index in [1.54, 1.807) is 37.3 Å². The molecule has 11 heteroatoms. The van der Waals surface area contributed by atoms with Crippen LogP contribution in [0.25, 0.3) is 0 Å². The molecule has 220 valence electrons. The minimum Gasteiger partial charge on any atom is -0.496 e. The van der Waals surface area contributed by atoms with Crippen molar-refractivity contribution >= 4 is 59.4 Å². The van der Waals surface area contributed by atoms with Crippen molar-refractivity contribution in [1.29, 1.82) is 0 Å². The van der Waals surface area contributed by atoms with E-state index in [1.807, 2.05) is 38.1 Å². The van der Waals surface area contributed by atoms with E-state index >= 15 is 0 Å². The highest BCUT2D eigenvalue weighted by Gasteiger charge is 2.32. The number of aryl methyl sites for hydroxylation is 1. The summed E-state index contributed by atoms with van der Waals surface area (Å²) in [7, 11) is -2.70. The summed E-state index contributed by atoms with van der Waals surface area (Å²) in [6, 6.07) is 17.9. The summed E-state index contributed by atoms with van der Waals surface area (Å²) in [5, 5.41) is 2.89. The van der Waals surface area contributed by atoms with E-state index in [2.05, 4.69) is 37.2 Å². The first-order valence-electron chi connectivity index (χ1n) is 13.2. The topological polar surface area (TPSA) is 96.0 Å². The normalized spacial score (nSPS) is 12.0. The highest BCUT2D eigenvalue weighted by Crippen LogP contribution is 2.31. The van der Waals surface area contributed by atoms with Crippen LogP contribution in [0.4, 0.5) is 5.69 Å². The maximum absolute atomic E-state index is 14.0. The Bertz CT molecular complexity index is 1470. The molecule has 3 aromatic carbocycles. The van der Waals surface area contributed by atoms with Crippen LogP contribution >= 0.6 is 31.9 Å². The highest BCUT2D eigenvalue weighted by atomic mass is 79.9. The molecule has 0 saturated carbocycles. The molecule has 3 aromatic rings. The molecule has 0 spiro atoms. The Morgan fingerprint density at radius 1 is 1.02 bits per heavy atom. The molecule has 3 rings (SSSR count). The van der Waals surface area contributed by atoms with Gasteiger partial charge in [0.05, 0.1) is 22.2 Å². The average Bonchev–Trinajstić information content (AvgIpc) is 2.94. The second-order valence-electron chi connectivity index (χ2n) is 9.62. The van der Waals surface area contributed by atoms with Crippen LogP contribution in [0, 0.1) is 6.92 Å². The molecular weight excluding hydrogens is 674 g/mol. The minimum absolute atomic E-state index is 0.0116. The lowest BCUT2D eigenvalue weighted by Crippen LogP contribution is -2.51. The Morgan fingerprint density at radius 3 is 2.34 bits per heavy atom. The number of unbranched alkanes of at least 4 members (excludes halogenated alkanes) is 1. The molecule has 1 N–H and O–H groups in total. The van der Waals surface area contributed by atoms with E-state index in [9.17, 15) is 18.0 Å². The molecule has 0 bridgehead atoms. The van der Waals surface area contributed by atoms with Crippen molar-refractivity contribution in [2.75, 3.05) is 24.5 Å². The molecule has 2 amide bonds. The van der Waals surface area contributed by atoms with Gasteiger partial charge in [-0.2, -0.15) is 0 Å². The smallest absolute Gasteiger partial charge is 0.264 e. The molecule has 0 heterocycles. The van der Waals surface area contributed by atoms with Gasteiger partial charge in [-0.1, -0.05) is 59.1 Å². The van der Waals surface area contributed by atoms with E-state index in [0.29, 0.717) is 22.5 Å². The number of ether oxygens (including phenoxy) is 1. The molecule has 0 fully saturated rings. The molecule has 0 radical (unpaired) electrons. The van der Waals surface area contributed by atoms with Crippen LogP contribution in [0.1, 0.15) is 37.8 Å². The average molecular weight is 710 g/mol. The number of hydrogen-bond donors (Lipinski definition) is 1.